The summed E-state index contributed by atoms with van der Waals surface area (Å²) in [7, 11) is 1.76. The normalized spacial score (nSPS) is 12.3. The van der Waals surface area contributed by atoms with Crippen LogP contribution in [0.1, 0.15) is 44.0 Å². The van der Waals surface area contributed by atoms with Crippen LogP contribution in [0.25, 0.3) is 0 Å². The molecule has 154 valence electrons. The molecule has 0 saturated heterocycles. The molecule has 0 aromatic carbocycles. The summed E-state index contributed by atoms with van der Waals surface area (Å²) >= 11 is 0. The Morgan fingerprint density at radius 3 is 2.56 bits per heavy atom. The van der Waals surface area contributed by atoms with Crippen LogP contribution in [0, 0.1) is 0 Å². The standard InChI is InChI=1S/C19H34N6O.HI/c1-5-25(6-2)14-8-9-16(3)24-19(20-4)23-13-12-22-18(26)17-10-7-11-21-15-17;/h7,10-11,15-16H,5-6,8-9,12-14H2,1-4H3,(H,22,26)(H2,20,23,24);1H. The van der Waals surface area contributed by atoms with Crippen molar-refractivity contribution in [3.05, 3.63) is 30.1 Å². The van der Waals surface area contributed by atoms with Gasteiger partial charge in [0.25, 0.3) is 5.91 Å². The van der Waals surface area contributed by atoms with Gasteiger partial charge in [0.1, 0.15) is 0 Å². The summed E-state index contributed by atoms with van der Waals surface area (Å²) in [6, 6.07) is 3.85. The van der Waals surface area contributed by atoms with Gasteiger partial charge in [0.15, 0.2) is 5.96 Å². The van der Waals surface area contributed by atoms with E-state index in [1.165, 1.54) is 0 Å². The summed E-state index contributed by atoms with van der Waals surface area (Å²) in [5, 5.41) is 9.48. The molecular weight excluding hydrogens is 455 g/mol. The number of hydrogen-bond donors (Lipinski definition) is 3. The van der Waals surface area contributed by atoms with Crippen molar-refractivity contribution in [3.63, 3.8) is 0 Å². The minimum absolute atomic E-state index is 0. The van der Waals surface area contributed by atoms with Crippen molar-refractivity contribution >= 4 is 35.8 Å². The molecule has 1 aromatic heterocycles. The van der Waals surface area contributed by atoms with Crippen molar-refractivity contribution in [2.75, 3.05) is 39.8 Å². The largest absolute Gasteiger partial charge is 0.355 e. The predicted octanol–water partition coefficient (Wildman–Crippen LogP) is 2.10. The fourth-order valence-corrected chi connectivity index (χ4v) is 2.62. The van der Waals surface area contributed by atoms with E-state index in [0.717, 1.165) is 38.4 Å². The molecule has 8 heteroatoms. The van der Waals surface area contributed by atoms with Gasteiger partial charge in [-0.2, -0.15) is 0 Å². The molecule has 0 spiro atoms. The molecular formula is C19H35IN6O. The van der Waals surface area contributed by atoms with E-state index in [1.807, 2.05) is 0 Å². The number of aromatic nitrogens is 1. The van der Waals surface area contributed by atoms with Gasteiger partial charge in [-0.25, -0.2) is 0 Å². The van der Waals surface area contributed by atoms with Gasteiger partial charge in [0.2, 0.25) is 0 Å². The first-order chi connectivity index (χ1) is 12.6. The third-order valence-corrected chi connectivity index (χ3v) is 4.24. The van der Waals surface area contributed by atoms with Crippen molar-refractivity contribution < 1.29 is 4.79 Å². The van der Waals surface area contributed by atoms with Gasteiger partial charge in [0, 0.05) is 38.6 Å². The molecule has 0 radical (unpaired) electrons. The van der Waals surface area contributed by atoms with E-state index in [9.17, 15) is 4.79 Å². The molecule has 0 aliphatic carbocycles. The third kappa shape index (κ3) is 11.1. The number of nitrogens with one attached hydrogen (secondary N) is 3. The van der Waals surface area contributed by atoms with Crippen LogP contribution in [0.2, 0.25) is 0 Å². The average Bonchev–Trinajstić information content (AvgIpc) is 2.68. The van der Waals surface area contributed by atoms with Crippen LogP contribution in [-0.4, -0.2) is 67.6 Å². The first-order valence-corrected chi connectivity index (χ1v) is 9.48. The lowest BCUT2D eigenvalue weighted by Gasteiger charge is -2.21. The Morgan fingerprint density at radius 2 is 1.96 bits per heavy atom. The molecule has 1 aromatic rings. The second-order valence-corrected chi connectivity index (χ2v) is 6.21. The first-order valence-electron chi connectivity index (χ1n) is 9.48. The number of carbonyl (C=O) groups excluding carboxylic acids is 1. The fourth-order valence-electron chi connectivity index (χ4n) is 2.62. The predicted molar refractivity (Wildman–Crippen MR) is 123 cm³/mol. The van der Waals surface area contributed by atoms with E-state index in [4.69, 9.17) is 0 Å². The van der Waals surface area contributed by atoms with E-state index in [-0.39, 0.29) is 29.9 Å². The monoisotopic (exact) mass is 490 g/mol. The summed E-state index contributed by atoms with van der Waals surface area (Å²) in [5.74, 6) is 0.642. The van der Waals surface area contributed by atoms with Crippen LogP contribution in [0.4, 0.5) is 0 Å². The van der Waals surface area contributed by atoms with Crippen molar-refractivity contribution in [1.29, 1.82) is 0 Å². The molecule has 0 saturated carbocycles. The number of guanidine groups is 1. The van der Waals surface area contributed by atoms with Crippen LogP contribution < -0.4 is 16.0 Å². The van der Waals surface area contributed by atoms with Gasteiger partial charge in [-0.15, -0.1) is 24.0 Å². The number of carbonyl (C=O) groups is 1. The molecule has 0 bridgehead atoms. The van der Waals surface area contributed by atoms with E-state index in [0.29, 0.717) is 24.7 Å². The van der Waals surface area contributed by atoms with E-state index < -0.39 is 0 Å². The number of hydrogen-bond acceptors (Lipinski definition) is 4. The van der Waals surface area contributed by atoms with Gasteiger partial charge in [-0.3, -0.25) is 14.8 Å². The van der Waals surface area contributed by atoms with Crippen molar-refractivity contribution in [1.82, 2.24) is 25.8 Å². The summed E-state index contributed by atoms with van der Waals surface area (Å²) in [4.78, 5) is 22.6. The molecule has 0 aliphatic rings. The molecule has 1 atom stereocenters. The van der Waals surface area contributed by atoms with E-state index in [1.54, 1.807) is 31.6 Å². The summed E-state index contributed by atoms with van der Waals surface area (Å²) in [6.45, 7) is 11.0. The lowest BCUT2D eigenvalue weighted by atomic mass is 10.2. The Kier molecular flexibility index (Phi) is 14.8. The number of pyridine rings is 1. The van der Waals surface area contributed by atoms with Crippen molar-refractivity contribution in [2.24, 2.45) is 4.99 Å². The van der Waals surface area contributed by atoms with E-state index in [2.05, 4.69) is 51.6 Å². The number of amides is 1. The maximum Gasteiger partial charge on any atom is 0.252 e. The summed E-state index contributed by atoms with van der Waals surface area (Å²) in [6.07, 6.45) is 5.46. The van der Waals surface area contributed by atoms with Crippen molar-refractivity contribution in [3.8, 4) is 0 Å². The molecule has 1 unspecified atom stereocenters. The lowest BCUT2D eigenvalue weighted by Crippen LogP contribution is -2.45. The lowest BCUT2D eigenvalue weighted by molar-refractivity contribution is 0.0954. The highest BCUT2D eigenvalue weighted by Gasteiger charge is 2.07. The van der Waals surface area contributed by atoms with Gasteiger partial charge < -0.3 is 20.9 Å². The topological polar surface area (TPSA) is 81.6 Å². The highest BCUT2D eigenvalue weighted by Crippen LogP contribution is 1.99. The highest BCUT2D eigenvalue weighted by atomic mass is 127. The van der Waals surface area contributed by atoms with E-state index >= 15 is 0 Å². The van der Waals surface area contributed by atoms with Crippen LogP contribution in [0.15, 0.2) is 29.5 Å². The maximum absolute atomic E-state index is 11.9. The maximum atomic E-state index is 11.9. The Hall–Kier alpha value is -1.42. The number of aliphatic imine (C=N–C) groups is 1. The molecule has 7 nitrogen and oxygen atoms in total. The minimum atomic E-state index is -0.118. The zero-order valence-electron chi connectivity index (χ0n) is 17.0. The third-order valence-electron chi connectivity index (χ3n) is 4.24. The molecule has 0 aliphatic heterocycles. The summed E-state index contributed by atoms with van der Waals surface area (Å²) < 4.78 is 0. The Labute approximate surface area is 180 Å². The quantitative estimate of drug-likeness (QED) is 0.192. The van der Waals surface area contributed by atoms with Gasteiger partial charge in [-0.05, 0) is 51.5 Å². The van der Waals surface area contributed by atoms with Crippen LogP contribution in [-0.2, 0) is 0 Å². The van der Waals surface area contributed by atoms with Crippen LogP contribution in [0.3, 0.4) is 0 Å². The molecule has 1 amide bonds. The van der Waals surface area contributed by atoms with Crippen LogP contribution in [0.5, 0.6) is 0 Å². The zero-order valence-corrected chi connectivity index (χ0v) is 19.3. The Balaban J connectivity index is 0.00000676. The van der Waals surface area contributed by atoms with Crippen LogP contribution >= 0.6 is 24.0 Å². The number of nitrogens with zero attached hydrogens (tertiary/aromatic N) is 3. The smallest absolute Gasteiger partial charge is 0.252 e. The fraction of sp³-hybridized carbons (Fsp3) is 0.632. The number of rotatable bonds is 11. The first kappa shape index (κ1) is 25.6. The Morgan fingerprint density at radius 1 is 1.26 bits per heavy atom. The van der Waals surface area contributed by atoms with Gasteiger partial charge in [0.05, 0.1) is 5.56 Å². The van der Waals surface area contributed by atoms with Gasteiger partial charge in [-0.1, -0.05) is 13.8 Å². The summed E-state index contributed by atoms with van der Waals surface area (Å²) in [5.41, 5.74) is 0.567. The molecule has 1 heterocycles. The number of halogens is 1. The second kappa shape index (κ2) is 15.6. The molecule has 3 N–H and O–H groups in total. The second-order valence-electron chi connectivity index (χ2n) is 6.21. The SMILES string of the molecule is CCN(CC)CCCC(C)NC(=NC)NCCNC(=O)c1cccnc1.I. The molecule has 0 fully saturated rings. The minimum Gasteiger partial charge on any atom is -0.355 e. The zero-order chi connectivity index (χ0) is 19.2. The average molecular weight is 490 g/mol. The highest BCUT2D eigenvalue weighted by molar-refractivity contribution is 14.0. The molecule has 27 heavy (non-hydrogen) atoms. The molecule has 1 rings (SSSR count). The van der Waals surface area contributed by atoms with Crippen molar-refractivity contribution in [2.45, 2.75) is 39.7 Å². The van der Waals surface area contributed by atoms with Gasteiger partial charge >= 0.3 is 0 Å². The Bertz CT molecular complexity index is 536.